The molecule has 0 aliphatic rings. The van der Waals surface area contributed by atoms with Gasteiger partial charge in [0.2, 0.25) is 0 Å². The van der Waals surface area contributed by atoms with Crippen LogP contribution in [0.15, 0.2) is 22.7 Å². The Labute approximate surface area is 79.5 Å². The van der Waals surface area contributed by atoms with Crippen molar-refractivity contribution in [2.75, 3.05) is 6.54 Å². The number of phenols is 1. The third-order valence-electron chi connectivity index (χ3n) is 1.67. The lowest BCUT2D eigenvalue weighted by Gasteiger charge is -2.11. The highest BCUT2D eigenvalue weighted by atomic mass is 79.9. The standard InChI is InChI=1S/C8H11BrN2O/c9-6-3-1-2-5(8(6)12)7(11)4-10/h1-3,7,12H,4,10-11H2/t7-/m0/s1. The van der Waals surface area contributed by atoms with Crippen molar-refractivity contribution in [3.63, 3.8) is 0 Å². The Morgan fingerprint density at radius 3 is 2.75 bits per heavy atom. The van der Waals surface area contributed by atoms with E-state index in [2.05, 4.69) is 15.9 Å². The molecule has 0 heterocycles. The van der Waals surface area contributed by atoms with Gasteiger partial charge in [0.05, 0.1) is 4.47 Å². The Kier molecular flexibility index (Phi) is 3.08. The van der Waals surface area contributed by atoms with Crippen LogP contribution in [0.3, 0.4) is 0 Å². The number of nitrogens with two attached hydrogens (primary N) is 2. The maximum atomic E-state index is 9.52. The van der Waals surface area contributed by atoms with Crippen molar-refractivity contribution in [2.24, 2.45) is 11.5 Å². The Bertz CT molecular complexity index is 278. The van der Waals surface area contributed by atoms with Gasteiger partial charge in [-0.05, 0) is 22.0 Å². The third kappa shape index (κ3) is 1.77. The van der Waals surface area contributed by atoms with E-state index >= 15 is 0 Å². The lowest BCUT2D eigenvalue weighted by Crippen LogP contribution is -2.20. The van der Waals surface area contributed by atoms with Crippen molar-refractivity contribution in [1.29, 1.82) is 0 Å². The number of phenolic OH excluding ortho intramolecular Hbond substituents is 1. The van der Waals surface area contributed by atoms with Gasteiger partial charge in [-0.15, -0.1) is 0 Å². The molecule has 1 aromatic rings. The van der Waals surface area contributed by atoms with Gasteiger partial charge >= 0.3 is 0 Å². The van der Waals surface area contributed by atoms with Crippen LogP contribution in [0.1, 0.15) is 11.6 Å². The number of benzene rings is 1. The quantitative estimate of drug-likeness (QED) is 0.713. The lowest BCUT2D eigenvalue weighted by molar-refractivity contribution is 0.458. The summed E-state index contributed by atoms with van der Waals surface area (Å²) in [6.45, 7) is 0.323. The molecule has 3 nitrogen and oxygen atoms in total. The van der Waals surface area contributed by atoms with Crippen molar-refractivity contribution in [1.82, 2.24) is 0 Å². The number of halogens is 1. The van der Waals surface area contributed by atoms with Crippen LogP contribution in [-0.4, -0.2) is 11.7 Å². The van der Waals surface area contributed by atoms with E-state index in [0.717, 1.165) is 0 Å². The predicted molar refractivity (Wildman–Crippen MR) is 51.8 cm³/mol. The fourth-order valence-corrected chi connectivity index (χ4v) is 1.34. The number of hydrogen-bond donors (Lipinski definition) is 3. The minimum absolute atomic E-state index is 0.176. The highest BCUT2D eigenvalue weighted by molar-refractivity contribution is 9.10. The molecule has 0 amide bonds. The number of rotatable bonds is 2. The zero-order valence-electron chi connectivity index (χ0n) is 6.50. The molecular formula is C8H11BrN2O. The first-order chi connectivity index (χ1) is 5.66. The Morgan fingerprint density at radius 1 is 1.50 bits per heavy atom. The summed E-state index contributed by atoms with van der Waals surface area (Å²) < 4.78 is 0.643. The van der Waals surface area contributed by atoms with E-state index in [1.807, 2.05) is 6.07 Å². The number of para-hydroxylation sites is 1. The first-order valence-corrected chi connectivity index (χ1v) is 4.39. The van der Waals surface area contributed by atoms with Crippen LogP contribution in [0.25, 0.3) is 0 Å². The van der Waals surface area contributed by atoms with Crippen LogP contribution in [0.4, 0.5) is 0 Å². The summed E-state index contributed by atoms with van der Waals surface area (Å²) in [6.07, 6.45) is 0. The molecule has 0 bridgehead atoms. The predicted octanol–water partition coefficient (Wildman–Crippen LogP) is 1.11. The molecule has 0 fully saturated rings. The van der Waals surface area contributed by atoms with E-state index in [-0.39, 0.29) is 11.8 Å². The fourth-order valence-electron chi connectivity index (χ4n) is 0.958. The summed E-state index contributed by atoms with van der Waals surface area (Å²) in [5.74, 6) is 0.176. The zero-order chi connectivity index (χ0) is 9.14. The topological polar surface area (TPSA) is 72.3 Å². The number of hydrogen-bond acceptors (Lipinski definition) is 3. The molecule has 0 aromatic heterocycles. The maximum Gasteiger partial charge on any atom is 0.134 e. The highest BCUT2D eigenvalue weighted by Crippen LogP contribution is 2.30. The van der Waals surface area contributed by atoms with E-state index in [1.54, 1.807) is 12.1 Å². The summed E-state index contributed by atoms with van der Waals surface area (Å²) in [7, 11) is 0. The van der Waals surface area contributed by atoms with Crippen molar-refractivity contribution in [3.8, 4) is 5.75 Å². The van der Waals surface area contributed by atoms with Crippen LogP contribution in [0.5, 0.6) is 5.75 Å². The Balaban J connectivity index is 3.07. The van der Waals surface area contributed by atoms with Crippen LogP contribution in [0, 0.1) is 0 Å². The molecule has 4 heteroatoms. The molecule has 0 saturated heterocycles. The summed E-state index contributed by atoms with van der Waals surface area (Å²) in [5.41, 5.74) is 11.7. The SMILES string of the molecule is NC[C@H](N)c1cccc(Br)c1O. The lowest BCUT2D eigenvalue weighted by atomic mass is 10.1. The minimum atomic E-state index is -0.303. The normalized spacial score (nSPS) is 12.9. The maximum absolute atomic E-state index is 9.52. The van der Waals surface area contributed by atoms with Crippen LogP contribution < -0.4 is 11.5 Å². The van der Waals surface area contributed by atoms with Crippen molar-refractivity contribution in [2.45, 2.75) is 6.04 Å². The molecule has 66 valence electrons. The molecule has 0 saturated carbocycles. The average molecular weight is 231 g/mol. The van der Waals surface area contributed by atoms with Crippen molar-refractivity contribution < 1.29 is 5.11 Å². The van der Waals surface area contributed by atoms with Gasteiger partial charge in [0.25, 0.3) is 0 Å². The van der Waals surface area contributed by atoms with Crippen molar-refractivity contribution in [3.05, 3.63) is 28.2 Å². The monoisotopic (exact) mass is 230 g/mol. The fraction of sp³-hybridized carbons (Fsp3) is 0.250. The van der Waals surface area contributed by atoms with Crippen LogP contribution in [0.2, 0.25) is 0 Å². The smallest absolute Gasteiger partial charge is 0.134 e. The second-order valence-electron chi connectivity index (χ2n) is 2.52. The van der Waals surface area contributed by atoms with E-state index in [9.17, 15) is 5.11 Å². The third-order valence-corrected chi connectivity index (χ3v) is 2.31. The molecule has 5 N–H and O–H groups in total. The molecular weight excluding hydrogens is 220 g/mol. The molecule has 1 atom stereocenters. The summed E-state index contributed by atoms with van der Waals surface area (Å²) in [4.78, 5) is 0. The molecule has 0 aliphatic heterocycles. The molecule has 12 heavy (non-hydrogen) atoms. The molecule has 0 spiro atoms. The average Bonchev–Trinajstić information content (AvgIpc) is 2.08. The second-order valence-corrected chi connectivity index (χ2v) is 3.37. The van der Waals surface area contributed by atoms with Crippen LogP contribution >= 0.6 is 15.9 Å². The first-order valence-electron chi connectivity index (χ1n) is 3.60. The van der Waals surface area contributed by atoms with Crippen LogP contribution in [-0.2, 0) is 0 Å². The van der Waals surface area contributed by atoms with E-state index in [4.69, 9.17) is 11.5 Å². The first kappa shape index (κ1) is 9.51. The van der Waals surface area contributed by atoms with Gasteiger partial charge < -0.3 is 16.6 Å². The largest absolute Gasteiger partial charge is 0.506 e. The second kappa shape index (κ2) is 3.89. The number of aromatic hydroxyl groups is 1. The van der Waals surface area contributed by atoms with Gasteiger partial charge in [0.1, 0.15) is 5.75 Å². The van der Waals surface area contributed by atoms with Crippen molar-refractivity contribution >= 4 is 15.9 Å². The van der Waals surface area contributed by atoms with Gasteiger partial charge in [0.15, 0.2) is 0 Å². The molecule has 1 aromatic carbocycles. The molecule has 0 aliphatic carbocycles. The minimum Gasteiger partial charge on any atom is -0.506 e. The molecule has 0 radical (unpaired) electrons. The Morgan fingerprint density at radius 2 is 2.17 bits per heavy atom. The highest BCUT2D eigenvalue weighted by Gasteiger charge is 2.10. The summed E-state index contributed by atoms with van der Waals surface area (Å²) in [6, 6.07) is 5.02. The van der Waals surface area contributed by atoms with Gasteiger partial charge in [-0.25, -0.2) is 0 Å². The zero-order valence-corrected chi connectivity index (χ0v) is 8.08. The Hall–Kier alpha value is -0.580. The van der Waals surface area contributed by atoms with Gasteiger partial charge in [0, 0.05) is 18.2 Å². The summed E-state index contributed by atoms with van der Waals surface area (Å²) >= 11 is 3.20. The summed E-state index contributed by atoms with van der Waals surface area (Å²) in [5, 5.41) is 9.52. The van der Waals surface area contributed by atoms with E-state index in [0.29, 0.717) is 16.6 Å². The van der Waals surface area contributed by atoms with E-state index in [1.165, 1.54) is 0 Å². The van der Waals surface area contributed by atoms with Gasteiger partial charge in [-0.1, -0.05) is 12.1 Å². The van der Waals surface area contributed by atoms with Gasteiger partial charge in [-0.2, -0.15) is 0 Å². The molecule has 1 rings (SSSR count). The van der Waals surface area contributed by atoms with Gasteiger partial charge in [-0.3, -0.25) is 0 Å². The van der Waals surface area contributed by atoms with E-state index < -0.39 is 0 Å². The molecule has 0 unspecified atom stereocenters.